The molecule has 1 atom stereocenters. The molecule has 0 bridgehead atoms. The van der Waals surface area contributed by atoms with Crippen molar-refractivity contribution >= 4 is 15.9 Å². The van der Waals surface area contributed by atoms with E-state index in [1.54, 1.807) is 0 Å². The number of hydrogen-bond acceptors (Lipinski definition) is 2. The second-order valence-corrected chi connectivity index (χ2v) is 6.36. The molecule has 19 heavy (non-hydrogen) atoms. The van der Waals surface area contributed by atoms with Gasteiger partial charge in [0, 0.05) is 37.2 Å². The van der Waals surface area contributed by atoms with Crippen LogP contribution in [-0.2, 0) is 6.42 Å². The molecule has 106 valence electrons. The highest BCUT2D eigenvalue weighted by molar-refractivity contribution is 9.10. The maximum absolute atomic E-state index is 3.73. The number of rotatable bonds is 5. The van der Waals surface area contributed by atoms with Crippen molar-refractivity contribution in [3.63, 3.8) is 0 Å². The van der Waals surface area contributed by atoms with Crippen LogP contribution >= 0.6 is 15.9 Å². The number of nitrogens with zero attached hydrogens (tertiary/aromatic N) is 1. The predicted molar refractivity (Wildman–Crippen MR) is 85.9 cm³/mol. The van der Waals surface area contributed by atoms with Crippen LogP contribution in [0.25, 0.3) is 0 Å². The molecule has 0 saturated carbocycles. The maximum Gasteiger partial charge on any atom is 0.0212 e. The summed E-state index contributed by atoms with van der Waals surface area (Å²) >= 11 is 3.73. The fourth-order valence-electron chi connectivity index (χ4n) is 2.57. The number of hydrogen-bond donors (Lipinski definition) is 1. The van der Waals surface area contributed by atoms with Crippen molar-refractivity contribution in [1.29, 1.82) is 0 Å². The minimum absolute atomic E-state index is 0.636. The Hall–Kier alpha value is -0.380. The molecule has 1 saturated heterocycles. The van der Waals surface area contributed by atoms with Gasteiger partial charge in [-0.1, -0.05) is 41.9 Å². The molecule has 1 aromatic carbocycles. The highest BCUT2D eigenvalue weighted by Crippen LogP contribution is 2.28. The van der Waals surface area contributed by atoms with E-state index in [-0.39, 0.29) is 0 Å². The smallest absolute Gasteiger partial charge is 0.0212 e. The lowest BCUT2D eigenvalue weighted by molar-refractivity contribution is 0.244. The zero-order valence-corrected chi connectivity index (χ0v) is 13.7. The van der Waals surface area contributed by atoms with Gasteiger partial charge < -0.3 is 10.2 Å². The molecular weight excluding hydrogens is 300 g/mol. The average Bonchev–Trinajstić information content (AvgIpc) is 2.45. The van der Waals surface area contributed by atoms with Gasteiger partial charge in [-0.3, -0.25) is 0 Å². The molecule has 0 aromatic heterocycles. The molecular formula is C16H25BrN2. The van der Waals surface area contributed by atoms with Gasteiger partial charge in [0.15, 0.2) is 0 Å². The lowest BCUT2D eigenvalue weighted by Gasteiger charge is -2.27. The monoisotopic (exact) mass is 324 g/mol. The van der Waals surface area contributed by atoms with Crippen molar-refractivity contribution in [1.82, 2.24) is 10.2 Å². The van der Waals surface area contributed by atoms with Gasteiger partial charge in [0.05, 0.1) is 0 Å². The fraction of sp³-hybridized carbons (Fsp3) is 0.625. The molecule has 2 nitrogen and oxygen atoms in total. The largest absolute Gasteiger partial charge is 0.314 e. The molecule has 2 rings (SSSR count). The molecule has 0 amide bonds. The van der Waals surface area contributed by atoms with Gasteiger partial charge in [-0.2, -0.15) is 0 Å². The Kier molecular flexibility index (Phi) is 5.86. The summed E-state index contributed by atoms with van der Waals surface area (Å²) in [5.74, 6) is 0.636. The Morgan fingerprint density at radius 3 is 2.68 bits per heavy atom. The Balaban J connectivity index is 1.92. The van der Waals surface area contributed by atoms with Gasteiger partial charge in [-0.05, 0) is 36.0 Å². The van der Waals surface area contributed by atoms with Crippen LogP contribution in [0.2, 0.25) is 0 Å². The highest BCUT2D eigenvalue weighted by Gasteiger charge is 2.11. The first-order valence-electron chi connectivity index (χ1n) is 7.42. The quantitative estimate of drug-likeness (QED) is 0.892. The summed E-state index contributed by atoms with van der Waals surface area (Å²) in [6.45, 7) is 10.4. The first-order chi connectivity index (χ1) is 9.20. The third kappa shape index (κ3) is 4.30. The van der Waals surface area contributed by atoms with E-state index in [2.05, 4.69) is 58.2 Å². The molecule has 1 aromatic rings. The Morgan fingerprint density at radius 1 is 1.32 bits per heavy atom. The van der Waals surface area contributed by atoms with Crippen molar-refractivity contribution in [3.05, 3.63) is 33.8 Å². The van der Waals surface area contributed by atoms with E-state index in [0.29, 0.717) is 5.92 Å². The van der Waals surface area contributed by atoms with Crippen LogP contribution in [0.5, 0.6) is 0 Å². The molecule has 1 N–H and O–H groups in total. The van der Waals surface area contributed by atoms with Crippen molar-refractivity contribution in [2.75, 3.05) is 32.7 Å². The van der Waals surface area contributed by atoms with E-state index in [1.165, 1.54) is 41.7 Å². The number of halogens is 1. The van der Waals surface area contributed by atoms with Crippen LogP contribution in [0.4, 0.5) is 0 Å². The first kappa shape index (κ1) is 15.0. The van der Waals surface area contributed by atoms with E-state index >= 15 is 0 Å². The first-order valence-corrected chi connectivity index (χ1v) is 8.21. The molecule has 0 radical (unpaired) electrons. The summed E-state index contributed by atoms with van der Waals surface area (Å²) in [5.41, 5.74) is 2.88. The second kappa shape index (κ2) is 7.41. The lowest BCUT2D eigenvalue weighted by Crippen LogP contribution is -2.44. The molecule has 1 aliphatic heterocycles. The fourth-order valence-corrected chi connectivity index (χ4v) is 3.38. The van der Waals surface area contributed by atoms with Crippen LogP contribution < -0.4 is 5.32 Å². The Morgan fingerprint density at radius 2 is 2.05 bits per heavy atom. The van der Waals surface area contributed by atoms with Gasteiger partial charge in [0.25, 0.3) is 0 Å². The summed E-state index contributed by atoms with van der Waals surface area (Å²) in [5, 5.41) is 3.40. The minimum atomic E-state index is 0.636. The van der Waals surface area contributed by atoms with Gasteiger partial charge in [-0.25, -0.2) is 0 Å². The lowest BCUT2D eigenvalue weighted by atomic mass is 9.97. The van der Waals surface area contributed by atoms with Crippen molar-refractivity contribution in [2.45, 2.75) is 32.6 Å². The molecule has 1 heterocycles. The number of benzene rings is 1. The van der Waals surface area contributed by atoms with E-state index in [0.717, 1.165) is 19.5 Å². The van der Waals surface area contributed by atoms with Crippen LogP contribution in [0, 0.1) is 0 Å². The SMILES string of the molecule is CCC(C)c1ccc(CCN2CCNCC2)cc1Br. The van der Waals surface area contributed by atoms with Crippen molar-refractivity contribution < 1.29 is 0 Å². The van der Waals surface area contributed by atoms with E-state index in [9.17, 15) is 0 Å². The van der Waals surface area contributed by atoms with Crippen LogP contribution in [0.1, 0.15) is 37.3 Å². The van der Waals surface area contributed by atoms with Gasteiger partial charge >= 0.3 is 0 Å². The number of piperazine rings is 1. The van der Waals surface area contributed by atoms with Gasteiger partial charge in [0.2, 0.25) is 0 Å². The third-order valence-electron chi connectivity index (χ3n) is 4.13. The summed E-state index contributed by atoms with van der Waals surface area (Å²) in [6, 6.07) is 6.91. The standard InChI is InChI=1S/C16H25BrN2/c1-3-13(2)15-5-4-14(12-16(15)17)6-9-19-10-7-18-8-11-19/h4-5,12-13,18H,3,6-11H2,1-2H3. The number of nitrogens with one attached hydrogen (secondary N) is 1. The van der Waals surface area contributed by atoms with Crippen LogP contribution in [0.3, 0.4) is 0 Å². The minimum Gasteiger partial charge on any atom is -0.314 e. The molecule has 1 aliphatic rings. The second-order valence-electron chi connectivity index (χ2n) is 5.51. The summed E-state index contributed by atoms with van der Waals surface area (Å²) < 4.78 is 1.28. The zero-order valence-electron chi connectivity index (χ0n) is 12.1. The summed E-state index contributed by atoms with van der Waals surface area (Å²) in [7, 11) is 0. The zero-order chi connectivity index (χ0) is 13.7. The highest BCUT2D eigenvalue weighted by atomic mass is 79.9. The topological polar surface area (TPSA) is 15.3 Å². The average molecular weight is 325 g/mol. The molecule has 0 spiro atoms. The Bertz CT molecular complexity index is 400. The third-order valence-corrected chi connectivity index (χ3v) is 4.82. The van der Waals surface area contributed by atoms with Crippen LogP contribution in [0.15, 0.2) is 22.7 Å². The normalized spacial score (nSPS) is 18.5. The van der Waals surface area contributed by atoms with Crippen molar-refractivity contribution in [2.24, 2.45) is 0 Å². The van der Waals surface area contributed by atoms with E-state index in [4.69, 9.17) is 0 Å². The van der Waals surface area contributed by atoms with Crippen LogP contribution in [-0.4, -0.2) is 37.6 Å². The molecule has 1 unspecified atom stereocenters. The molecule has 0 aliphatic carbocycles. The predicted octanol–water partition coefficient (Wildman–Crippen LogP) is 3.41. The molecule has 1 fully saturated rings. The van der Waals surface area contributed by atoms with Crippen molar-refractivity contribution in [3.8, 4) is 0 Å². The molecule has 3 heteroatoms. The van der Waals surface area contributed by atoms with E-state index < -0.39 is 0 Å². The maximum atomic E-state index is 3.73. The Labute approximate surface area is 125 Å². The van der Waals surface area contributed by atoms with Gasteiger partial charge in [0.1, 0.15) is 0 Å². The summed E-state index contributed by atoms with van der Waals surface area (Å²) in [6.07, 6.45) is 2.35. The summed E-state index contributed by atoms with van der Waals surface area (Å²) in [4.78, 5) is 2.55. The van der Waals surface area contributed by atoms with Gasteiger partial charge in [-0.15, -0.1) is 0 Å². The van der Waals surface area contributed by atoms with E-state index in [1.807, 2.05) is 0 Å².